The van der Waals surface area contributed by atoms with Gasteiger partial charge in [0.25, 0.3) is 5.91 Å². The Morgan fingerprint density at radius 2 is 2.26 bits per heavy atom. The smallest absolute Gasteiger partial charge is 0.269 e. The summed E-state index contributed by atoms with van der Waals surface area (Å²) < 4.78 is 0. The fourth-order valence-corrected chi connectivity index (χ4v) is 2.60. The Labute approximate surface area is 115 Å². The summed E-state index contributed by atoms with van der Waals surface area (Å²) >= 11 is 1.71. The second-order valence-electron chi connectivity index (χ2n) is 4.17. The molecule has 2 aromatic heterocycles. The van der Waals surface area contributed by atoms with Gasteiger partial charge in [-0.1, -0.05) is 19.4 Å². The van der Waals surface area contributed by atoms with Crippen molar-refractivity contribution >= 4 is 23.1 Å². The number of thiophene rings is 1. The van der Waals surface area contributed by atoms with Crippen molar-refractivity contribution in [3.8, 4) is 0 Å². The van der Waals surface area contributed by atoms with Crippen LogP contribution in [0.3, 0.4) is 0 Å². The van der Waals surface area contributed by atoms with E-state index in [9.17, 15) is 4.79 Å². The monoisotopic (exact) mass is 276 g/mol. The zero-order chi connectivity index (χ0) is 13.7. The first-order chi connectivity index (χ1) is 9.20. The molecule has 0 radical (unpaired) electrons. The van der Waals surface area contributed by atoms with Crippen molar-refractivity contribution in [2.75, 3.05) is 5.32 Å². The summed E-state index contributed by atoms with van der Waals surface area (Å²) in [5, 5.41) is 13.2. The Morgan fingerprint density at radius 1 is 1.42 bits per heavy atom. The highest BCUT2D eigenvalue weighted by molar-refractivity contribution is 7.10. The molecule has 3 N–H and O–H groups in total. The molecule has 1 unspecified atom stereocenters. The third-order valence-electron chi connectivity index (χ3n) is 2.70. The SMILES string of the molecule is CCCC(Nc1ccc(C(N)=O)nn1)c1cccs1. The van der Waals surface area contributed by atoms with E-state index in [2.05, 4.69) is 33.9 Å². The number of carbonyl (C=O) groups excluding carboxylic acids is 1. The van der Waals surface area contributed by atoms with Crippen molar-refractivity contribution < 1.29 is 4.79 Å². The highest BCUT2D eigenvalue weighted by Crippen LogP contribution is 2.26. The number of anilines is 1. The van der Waals surface area contributed by atoms with Crippen LogP contribution in [-0.4, -0.2) is 16.1 Å². The number of amides is 1. The third kappa shape index (κ3) is 3.51. The molecule has 1 amide bonds. The quantitative estimate of drug-likeness (QED) is 0.849. The molecule has 1 atom stereocenters. The fraction of sp³-hybridized carbons (Fsp3) is 0.308. The summed E-state index contributed by atoms with van der Waals surface area (Å²) in [5.41, 5.74) is 5.30. The molecule has 0 bridgehead atoms. The molecule has 2 rings (SSSR count). The van der Waals surface area contributed by atoms with Crippen LogP contribution >= 0.6 is 11.3 Å². The normalized spacial score (nSPS) is 12.1. The molecule has 2 heterocycles. The van der Waals surface area contributed by atoms with Gasteiger partial charge in [-0.25, -0.2) is 0 Å². The van der Waals surface area contributed by atoms with E-state index in [1.54, 1.807) is 23.5 Å². The van der Waals surface area contributed by atoms with E-state index < -0.39 is 5.91 Å². The lowest BCUT2D eigenvalue weighted by Crippen LogP contribution is -2.15. The number of hydrogen-bond donors (Lipinski definition) is 2. The van der Waals surface area contributed by atoms with Gasteiger partial charge in [0.1, 0.15) is 5.82 Å². The molecule has 100 valence electrons. The summed E-state index contributed by atoms with van der Waals surface area (Å²) in [6, 6.07) is 7.66. The molecular formula is C13H16N4OS. The highest BCUT2D eigenvalue weighted by Gasteiger charge is 2.12. The maximum atomic E-state index is 10.9. The Morgan fingerprint density at radius 3 is 2.79 bits per heavy atom. The fourth-order valence-electron chi connectivity index (χ4n) is 1.78. The van der Waals surface area contributed by atoms with Crippen molar-refractivity contribution in [3.63, 3.8) is 0 Å². The van der Waals surface area contributed by atoms with E-state index in [0.717, 1.165) is 12.8 Å². The van der Waals surface area contributed by atoms with Crippen molar-refractivity contribution in [2.45, 2.75) is 25.8 Å². The molecule has 0 aromatic carbocycles. The number of aromatic nitrogens is 2. The maximum absolute atomic E-state index is 10.9. The van der Waals surface area contributed by atoms with Crippen LogP contribution in [0.25, 0.3) is 0 Å². The number of nitrogens with one attached hydrogen (secondary N) is 1. The van der Waals surface area contributed by atoms with Gasteiger partial charge in [0, 0.05) is 4.88 Å². The van der Waals surface area contributed by atoms with E-state index in [0.29, 0.717) is 5.82 Å². The molecule has 0 aliphatic heterocycles. The minimum Gasteiger partial charge on any atom is -0.364 e. The first-order valence-corrected chi connectivity index (χ1v) is 7.02. The van der Waals surface area contributed by atoms with Crippen LogP contribution in [0.15, 0.2) is 29.6 Å². The van der Waals surface area contributed by atoms with E-state index in [1.165, 1.54) is 4.88 Å². The molecule has 19 heavy (non-hydrogen) atoms. The molecule has 0 spiro atoms. The van der Waals surface area contributed by atoms with Crippen molar-refractivity contribution in [1.29, 1.82) is 0 Å². The average molecular weight is 276 g/mol. The van der Waals surface area contributed by atoms with Gasteiger partial charge in [-0.05, 0) is 30.0 Å². The second-order valence-corrected chi connectivity index (χ2v) is 5.15. The molecule has 2 aromatic rings. The standard InChI is InChI=1S/C13H16N4OS/c1-2-4-9(11-5-3-8-19-11)15-12-7-6-10(13(14)18)16-17-12/h3,5-9H,2,4H2,1H3,(H2,14,18)(H,15,17). The minimum atomic E-state index is -0.567. The highest BCUT2D eigenvalue weighted by atomic mass is 32.1. The Bertz CT molecular complexity index is 524. The number of nitrogens with zero attached hydrogens (tertiary/aromatic N) is 2. The van der Waals surface area contributed by atoms with Gasteiger partial charge in [0.2, 0.25) is 0 Å². The number of hydrogen-bond acceptors (Lipinski definition) is 5. The van der Waals surface area contributed by atoms with Gasteiger partial charge in [0.15, 0.2) is 5.69 Å². The van der Waals surface area contributed by atoms with Gasteiger partial charge in [-0.15, -0.1) is 21.5 Å². The first-order valence-electron chi connectivity index (χ1n) is 6.14. The summed E-state index contributed by atoms with van der Waals surface area (Å²) in [6.45, 7) is 2.14. The van der Waals surface area contributed by atoms with E-state index in [-0.39, 0.29) is 11.7 Å². The molecular weight excluding hydrogens is 260 g/mol. The van der Waals surface area contributed by atoms with Gasteiger partial charge >= 0.3 is 0 Å². The Kier molecular flexibility index (Phi) is 4.46. The Balaban J connectivity index is 2.11. The summed E-state index contributed by atoms with van der Waals surface area (Å²) in [7, 11) is 0. The summed E-state index contributed by atoms with van der Waals surface area (Å²) in [4.78, 5) is 12.2. The zero-order valence-electron chi connectivity index (χ0n) is 10.7. The minimum absolute atomic E-state index is 0.175. The van der Waals surface area contributed by atoms with E-state index >= 15 is 0 Å². The molecule has 0 aliphatic rings. The van der Waals surface area contributed by atoms with Crippen molar-refractivity contribution in [3.05, 3.63) is 40.2 Å². The number of nitrogens with two attached hydrogens (primary N) is 1. The van der Waals surface area contributed by atoms with E-state index in [1.807, 2.05) is 6.07 Å². The van der Waals surface area contributed by atoms with Crippen LogP contribution in [0.5, 0.6) is 0 Å². The van der Waals surface area contributed by atoms with Crippen molar-refractivity contribution in [1.82, 2.24) is 10.2 Å². The molecule has 0 saturated heterocycles. The van der Waals surface area contributed by atoms with Crippen LogP contribution in [0.4, 0.5) is 5.82 Å². The molecule has 6 heteroatoms. The van der Waals surface area contributed by atoms with Crippen LogP contribution in [0.1, 0.15) is 41.2 Å². The van der Waals surface area contributed by atoms with Crippen LogP contribution < -0.4 is 11.1 Å². The average Bonchev–Trinajstić information content (AvgIpc) is 2.92. The van der Waals surface area contributed by atoms with E-state index in [4.69, 9.17) is 5.73 Å². The Hall–Kier alpha value is -1.95. The van der Waals surface area contributed by atoms with Crippen molar-refractivity contribution in [2.24, 2.45) is 5.73 Å². The molecule has 5 nitrogen and oxygen atoms in total. The summed E-state index contributed by atoms with van der Waals surface area (Å²) in [6.07, 6.45) is 2.09. The molecule has 0 aliphatic carbocycles. The third-order valence-corrected chi connectivity index (χ3v) is 3.69. The second kappa shape index (κ2) is 6.29. The van der Waals surface area contributed by atoms with Gasteiger partial charge in [-0.3, -0.25) is 4.79 Å². The van der Waals surface area contributed by atoms with Crippen LogP contribution in [-0.2, 0) is 0 Å². The maximum Gasteiger partial charge on any atom is 0.269 e. The molecule has 0 saturated carbocycles. The van der Waals surface area contributed by atoms with Crippen LogP contribution in [0, 0.1) is 0 Å². The first kappa shape index (κ1) is 13.5. The number of carbonyl (C=O) groups is 1. The topological polar surface area (TPSA) is 80.9 Å². The van der Waals surface area contributed by atoms with Gasteiger partial charge in [-0.2, -0.15) is 0 Å². The molecule has 0 fully saturated rings. The van der Waals surface area contributed by atoms with Gasteiger partial charge < -0.3 is 11.1 Å². The number of primary amides is 1. The van der Waals surface area contributed by atoms with Gasteiger partial charge in [0.05, 0.1) is 6.04 Å². The summed E-state index contributed by atoms with van der Waals surface area (Å²) in [5.74, 6) is 0.0827. The predicted molar refractivity (Wildman–Crippen MR) is 76.1 cm³/mol. The lowest BCUT2D eigenvalue weighted by Gasteiger charge is -2.16. The predicted octanol–water partition coefficient (Wildman–Crippen LogP) is 2.59. The number of rotatable bonds is 6. The largest absolute Gasteiger partial charge is 0.364 e. The zero-order valence-corrected chi connectivity index (χ0v) is 11.5. The van der Waals surface area contributed by atoms with Crippen LogP contribution in [0.2, 0.25) is 0 Å². The lowest BCUT2D eigenvalue weighted by atomic mass is 10.1. The lowest BCUT2D eigenvalue weighted by molar-refractivity contribution is 0.0994.